The van der Waals surface area contributed by atoms with Crippen LogP contribution in [0.1, 0.15) is 38.3 Å². The van der Waals surface area contributed by atoms with Crippen LogP contribution in [0.2, 0.25) is 0 Å². The second-order valence-electron chi connectivity index (χ2n) is 4.77. The maximum absolute atomic E-state index is 11.8. The fourth-order valence-corrected chi connectivity index (χ4v) is 1.86. The molecule has 3 N–H and O–H groups in total. The number of aliphatic hydroxyl groups is 1. The number of benzene rings is 1. The van der Waals surface area contributed by atoms with Crippen LogP contribution in [0.3, 0.4) is 0 Å². The molecule has 0 radical (unpaired) electrons. The van der Waals surface area contributed by atoms with Gasteiger partial charge in [-0.2, -0.15) is 0 Å². The van der Waals surface area contributed by atoms with Crippen molar-refractivity contribution in [3.8, 4) is 5.75 Å². The Morgan fingerprint density at radius 3 is 2.50 bits per heavy atom. The molecule has 2 unspecified atom stereocenters. The molecule has 0 saturated heterocycles. The molecule has 112 valence electrons. The predicted molar refractivity (Wildman–Crippen MR) is 78.9 cm³/mol. The molecule has 0 aliphatic rings. The molecule has 0 aliphatic carbocycles. The molecule has 0 saturated carbocycles. The van der Waals surface area contributed by atoms with Crippen molar-refractivity contribution in [1.29, 1.82) is 0 Å². The third-order valence-corrected chi connectivity index (χ3v) is 3.08. The van der Waals surface area contributed by atoms with Gasteiger partial charge in [-0.25, -0.2) is 4.79 Å². The third-order valence-electron chi connectivity index (χ3n) is 3.08. The third kappa shape index (κ3) is 5.48. The lowest BCUT2D eigenvalue weighted by atomic mass is 10.0. The Morgan fingerprint density at radius 2 is 2.00 bits per heavy atom. The lowest BCUT2D eigenvalue weighted by Crippen LogP contribution is -2.38. The van der Waals surface area contributed by atoms with Crippen LogP contribution in [0.5, 0.6) is 5.75 Å². The fourth-order valence-electron chi connectivity index (χ4n) is 1.86. The zero-order valence-electron chi connectivity index (χ0n) is 12.3. The molecular weight excluding hydrogens is 256 g/mol. The number of methoxy groups -OCH3 is 1. The smallest absolute Gasteiger partial charge is 0.315 e. The van der Waals surface area contributed by atoms with E-state index in [9.17, 15) is 4.79 Å². The largest absolute Gasteiger partial charge is 0.497 e. The molecule has 0 aliphatic heterocycles. The van der Waals surface area contributed by atoms with Gasteiger partial charge in [-0.05, 0) is 37.5 Å². The second-order valence-corrected chi connectivity index (χ2v) is 4.77. The van der Waals surface area contributed by atoms with Crippen LogP contribution in [0, 0.1) is 0 Å². The van der Waals surface area contributed by atoms with Crippen LogP contribution in [0.15, 0.2) is 24.3 Å². The van der Waals surface area contributed by atoms with E-state index >= 15 is 0 Å². The molecule has 0 aromatic heterocycles. The first-order chi connectivity index (χ1) is 9.56. The highest BCUT2D eigenvalue weighted by Gasteiger charge is 2.12. The van der Waals surface area contributed by atoms with Gasteiger partial charge in [0.25, 0.3) is 0 Å². The molecule has 5 nitrogen and oxygen atoms in total. The minimum atomic E-state index is -0.404. The summed E-state index contributed by atoms with van der Waals surface area (Å²) in [6.45, 7) is 4.18. The van der Waals surface area contributed by atoms with Crippen molar-refractivity contribution < 1.29 is 14.6 Å². The van der Waals surface area contributed by atoms with Crippen LogP contribution >= 0.6 is 0 Å². The summed E-state index contributed by atoms with van der Waals surface area (Å²) in [5.74, 6) is 0.796. The van der Waals surface area contributed by atoms with Crippen molar-refractivity contribution in [2.45, 2.75) is 38.8 Å². The van der Waals surface area contributed by atoms with E-state index in [1.807, 2.05) is 31.2 Å². The predicted octanol–water partition coefficient (Wildman–Crippen LogP) is 2.22. The topological polar surface area (TPSA) is 70.6 Å². The Kier molecular flexibility index (Phi) is 6.87. The Hall–Kier alpha value is -1.75. The lowest BCUT2D eigenvalue weighted by Gasteiger charge is -2.18. The molecular formula is C15H24N2O3. The van der Waals surface area contributed by atoms with Crippen molar-refractivity contribution in [2.75, 3.05) is 13.7 Å². The van der Waals surface area contributed by atoms with Gasteiger partial charge >= 0.3 is 6.03 Å². The molecule has 0 heterocycles. The summed E-state index contributed by atoms with van der Waals surface area (Å²) in [6.07, 6.45) is 0.946. The van der Waals surface area contributed by atoms with Gasteiger partial charge in [0, 0.05) is 6.54 Å². The number of hydrogen-bond donors (Lipinski definition) is 3. The zero-order chi connectivity index (χ0) is 15.0. The first-order valence-corrected chi connectivity index (χ1v) is 6.93. The molecule has 1 rings (SSSR count). The van der Waals surface area contributed by atoms with E-state index < -0.39 is 6.10 Å². The van der Waals surface area contributed by atoms with Crippen molar-refractivity contribution in [3.63, 3.8) is 0 Å². The van der Waals surface area contributed by atoms with Gasteiger partial charge in [-0.3, -0.25) is 0 Å². The number of amides is 2. The molecule has 2 atom stereocenters. The summed E-state index contributed by atoms with van der Waals surface area (Å²) in [6, 6.07) is 7.41. The summed E-state index contributed by atoms with van der Waals surface area (Å²) in [5.41, 5.74) is 1.04. The highest BCUT2D eigenvalue weighted by molar-refractivity contribution is 5.74. The summed E-state index contributed by atoms with van der Waals surface area (Å²) >= 11 is 0. The fraction of sp³-hybridized carbons (Fsp3) is 0.533. The maximum Gasteiger partial charge on any atom is 0.315 e. The normalized spacial score (nSPS) is 13.4. The minimum absolute atomic E-state index is 0.0348. The van der Waals surface area contributed by atoms with E-state index in [2.05, 4.69) is 10.6 Å². The first kappa shape index (κ1) is 16.3. The molecule has 2 amide bonds. The molecule has 0 fully saturated rings. The molecule has 20 heavy (non-hydrogen) atoms. The van der Waals surface area contributed by atoms with Crippen LogP contribution in [0.4, 0.5) is 4.79 Å². The molecule has 1 aromatic carbocycles. The number of urea groups is 1. The molecule has 1 aromatic rings. The van der Waals surface area contributed by atoms with Gasteiger partial charge in [-0.15, -0.1) is 0 Å². The number of aliphatic hydroxyl groups excluding tert-OH is 1. The summed E-state index contributed by atoms with van der Waals surface area (Å²) in [5, 5.41) is 14.8. The zero-order valence-corrected chi connectivity index (χ0v) is 12.3. The molecule has 0 spiro atoms. The van der Waals surface area contributed by atoms with Crippen LogP contribution in [-0.2, 0) is 0 Å². The van der Waals surface area contributed by atoms with Crippen molar-refractivity contribution in [3.05, 3.63) is 29.8 Å². The summed E-state index contributed by atoms with van der Waals surface area (Å²) in [7, 11) is 1.63. The first-order valence-electron chi connectivity index (χ1n) is 6.93. The average Bonchev–Trinajstić information content (AvgIpc) is 2.44. The van der Waals surface area contributed by atoms with Crippen molar-refractivity contribution >= 4 is 6.03 Å². The average molecular weight is 280 g/mol. The van der Waals surface area contributed by atoms with E-state index in [-0.39, 0.29) is 12.1 Å². The standard InChI is InChI=1S/C15H24N2O3/c1-4-14(12-5-7-13(20-3)8-6-12)17-15(19)16-10-9-11(2)18/h5-8,11,14,18H,4,9-10H2,1-3H3,(H2,16,17,19). The number of carbonyl (C=O) groups is 1. The number of carbonyl (C=O) groups excluding carboxylic acids is 1. The highest BCUT2D eigenvalue weighted by Crippen LogP contribution is 2.19. The Labute approximate surface area is 120 Å². The molecule has 5 heteroatoms. The minimum Gasteiger partial charge on any atom is -0.497 e. The van der Waals surface area contributed by atoms with E-state index in [1.165, 1.54) is 0 Å². The van der Waals surface area contributed by atoms with Crippen molar-refractivity contribution in [1.82, 2.24) is 10.6 Å². The number of ether oxygens (including phenoxy) is 1. The number of rotatable bonds is 7. The number of hydrogen-bond acceptors (Lipinski definition) is 3. The van der Waals surface area contributed by atoms with Crippen molar-refractivity contribution in [2.24, 2.45) is 0 Å². The Bertz CT molecular complexity index is 404. The Balaban J connectivity index is 2.50. The van der Waals surface area contributed by atoms with E-state index in [4.69, 9.17) is 9.84 Å². The van der Waals surface area contributed by atoms with E-state index in [0.717, 1.165) is 17.7 Å². The van der Waals surface area contributed by atoms with Crippen LogP contribution in [-0.4, -0.2) is 30.9 Å². The maximum atomic E-state index is 11.8. The van der Waals surface area contributed by atoms with E-state index in [0.29, 0.717) is 13.0 Å². The van der Waals surface area contributed by atoms with Gasteiger partial charge in [0.2, 0.25) is 0 Å². The number of nitrogens with one attached hydrogen (secondary N) is 2. The summed E-state index contributed by atoms with van der Waals surface area (Å²) < 4.78 is 5.12. The molecule has 0 bridgehead atoms. The highest BCUT2D eigenvalue weighted by atomic mass is 16.5. The monoisotopic (exact) mass is 280 g/mol. The van der Waals surface area contributed by atoms with Gasteiger partial charge in [0.1, 0.15) is 5.75 Å². The van der Waals surface area contributed by atoms with Gasteiger partial charge in [0.15, 0.2) is 0 Å². The van der Waals surface area contributed by atoms with Crippen LogP contribution in [0.25, 0.3) is 0 Å². The van der Waals surface area contributed by atoms with Gasteiger partial charge < -0.3 is 20.5 Å². The lowest BCUT2D eigenvalue weighted by molar-refractivity contribution is 0.183. The van der Waals surface area contributed by atoms with Gasteiger partial charge in [0.05, 0.1) is 19.3 Å². The Morgan fingerprint density at radius 1 is 1.35 bits per heavy atom. The SMILES string of the molecule is CCC(NC(=O)NCCC(C)O)c1ccc(OC)cc1. The van der Waals surface area contributed by atoms with E-state index in [1.54, 1.807) is 14.0 Å². The quantitative estimate of drug-likeness (QED) is 0.717. The second kappa shape index (κ2) is 8.43. The van der Waals surface area contributed by atoms with Gasteiger partial charge in [-0.1, -0.05) is 19.1 Å². The summed E-state index contributed by atoms with van der Waals surface area (Å²) in [4.78, 5) is 11.8. The van der Waals surface area contributed by atoms with Crippen LogP contribution < -0.4 is 15.4 Å².